The first kappa shape index (κ1) is 16.4. The van der Waals surface area contributed by atoms with Gasteiger partial charge in [0.25, 0.3) is 0 Å². The van der Waals surface area contributed by atoms with E-state index < -0.39 is 0 Å². The smallest absolute Gasteiger partial charge is 0.131 e. The minimum absolute atomic E-state index is 0.195. The van der Waals surface area contributed by atoms with Crippen LogP contribution < -0.4 is 0 Å². The van der Waals surface area contributed by atoms with E-state index in [9.17, 15) is 10.2 Å². The standard InChI is InChI=1S/C26H18O2/c27-25-22-14-12-20(18-9-5-2-6-10-18)16-24(22)26(28)21-13-11-19(15-23(21)25)17-7-3-1-4-8-17/h1-16,27-28H. The van der Waals surface area contributed by atoms with Crippen molar-refractivity contribution in [3.05, 3.63) is 97.1 Å². The molecule has 0 aliphatic heterocycles. The molecule has 0 unspecified atom stereocenters. The molecular weight excluding hydrogens is 344 g/mol. The number of benzene rings is 5. The number of fused-ring (bicyclic) bond motifs is 2. The van der Waals surface area contributed by atoms with E-state index in [1.165, 1.54) is 0 Å². The highest BCUT2D eigenvalue weighted by molar-refractivity contribution is 6.12. The molecule has 0 aromatic heterocycles. The molecule has 2 nitrogen and oxygen atoms in total. The fraction of sp³-hybridized carbons (Fsp3) is 0. The maximum Gasteiger partial charge on any atom is 0.131 e. The molecule has 0 fully saturated rings. The predicted molar refractivity (Wildman–Crippen MR) is 116 cm³/mol. The highest BCUT2D eigenvalue weighted by Gasteiger charge is 2.14. The Hall–Kier alpha value is -3.78. The van der Waals surface area contributed by atoms with E-state index in [1.54, 1.807) is 0 Å². The Balaban J connectivity index is 1.76. The summed E-state index contributed by atoms with van der Waals surface area (Å²) in [6.45, 7) is 0. The SMILES string of the molecule is Oc1c2ccc(-c3ccccc3)cc2c(O)c2ccc(-c3ccccc3)cc12. The second-order valence-electron chi connectivity index (χ2n) is 6.95. The molecule has 0 heterocycles. The van der Waals surface area contributed by atoms with Gasteiger partial charge in [0.2, 0.25) is 0 Å². The molecule has 0 aliphatic rings. The van der Waals surface area contributed by atoms with Crippen LogP contribution in [-0.2, 0) is 0 Å². The normalized spacial score (nSPS) is 11.1. The summed E-state index contributed by atoms with van der Waals surface area (Å²) in [7, 11) is 0. The first-order valence-corrected chi connectivity index (χ1v) is 9.24. The van der Waals surface area contributed by atoms with Gasteiger partial charge in [-0.05, 0) is 46.5 Å². The van der Waals surface area contributed by atoms with E-state index in [0.29, 0.717) is 21.5 Å². The summed E-state index contributed by atoms with van der Waals surface area (Å²) in [4.78, 5) is 0. The third-order valence-corrected chi connectivity index (χ3v) is 5.27. The van der Waals surface area contributed by atoms with Gasteiger partial charge in [0.1, 0.15) is 11.5 Å². The maximum absolute atomic E-state index is 11.0. The predicted octanol–water partition coefficient (Wildman–Crippen LogP) is 6.74. The summed E-state index contributed by atoms with van der Waals surface area (Å²) in [6.07, 6.45) is 0. The molecule has 0 atom stereocenters. The molecule has 0 bridgehead atoms. The quantitative estimate of drug-likeness (QED) is 0.270. The van der Waals surface area contributed by atoms with E-state index >= 15 is 0 Å². The Kier molecular flexibility index (Phi) is 3.77. The molecule has 5 aromatic carbocycles. The molecular formula is C26H18O2. The zero-order chi connectivity index (χ0) is 19.1. The van der Waals surface area contributed by atoms with E-state index in [-0.39, 0.29) is 11.5 Å². The number of hydrogen-bond acceptors (Lipinski definition) is 2. The second kappa shape index (κ2) is 6.43. The fourth-order valence-electron chi connectivity index (χ4n) is 3.80. The summed E-state index contributed by atoms with van der Waals surface area (Å²) in [6, 6.07) is 31.6. The first-order valence-electron chi connectivity index (χ1n) is 9.24. The van der Waals surface area contributed by atoms with Crippen LogP contribution in [-0.4, -0.2) is 10.2 Å². The Morgan fingerprint density at radius 3 is 1.14 bits per heavy atom. The Morgan fingerprint density at radius 1 is 0.357 bits per heavy atom. The van der Waals surface area contributed by atoms with Gasteiger partial charge < -0.3 is 10.2 Å². The van der Waals surface area contributed by atoms with Gasteiger partial charge in [-0.25, -0.2) is 0 Å². The lowest BCUT2D eigenvalue weighted by Crippen LogP contribution is -1.85. The molecule has 5 rings (SSSR count). The van der Waals surface area contributed by atoms with Crippen LogP contribution in [0.5, 0.6) is 11.5 Å². The third kappa shape index (κ3) is 2.58. The number of phenolic OH excluding ortho intramolecular Hbond substituents is 2. The van der Waals surface area contributed by atoms with Crippen LogP contribution >= 0.6 is 0 Å². The van der Waals surface area contributed by atoms with Crippen molar-refractivity contribution in [2.24, 2.45) is 0 Å². The minimum atomic E-state index is 0.195. The molecule has 134 valence electrons. The van der Waals surface area contributed by atoms with Crippen molar-refractivity contribution < 1.29 is 10.2 Å². The lowest BCUT2D eigenvalue weighted by atomic mass is 9.94. The zero-order valence-electron chi connectivity index (χ0n) is 15.1. The van der Waals surface area contributed by atoms with Crippen molar-refractivity contribution in [1.82, 2.24) is 0 Å². The van der Waals surface area contributed by atoms with E-state index in [2.05, 4.69) is 0 Å². The van der Waals surface area contributed by atoms with Crippen molar-refractivity contribution in [1.29, 1.82) is 0 Å². The topological polar surface area (TPSA) is 40.5 Å². The molecule has 0 saturated carbocycles. The molecule has 0 amide bonds. The summed E-state index contributed by atoms with van der Waals surface area (Å²) in [5.74, 6) is 0.389. The molecule has 0 aliphatic carbocycles. The highest BCUT2D eigenvalue weighted by Crippen LogP contribution is 2.43. The van der Waals surface area contributed by atoms with Gasteiger partial charge in [0.05, 0.1) is 0 Å². The maximum atomic E-state index is 11.0. The van der Waals surface area contributed by atoms with Crippen molar-refractivity contribution in [2.75, 3.05) is 0 Å². The van der Waals surface area contributed by atoms with Crippen molar-refractivity contribution in [2.45, 2.75) is 0 Å². The number of phenols is 2. The Morgan fingerprint density at radius 2 is 0.750 bits per heavy atom. The largest absolute Gasteiger partial charge is 0.507 e. The molecule has 28 heavy (non-hydrogen) atoms. The van der Waals surface area contributed by atoms with E-state index in [4.69, 9.17) is 0 Å². The van der Waals surface area contributed by atoms with Crippen molar-refractivity contribution in [3.63, 3.8) is 0 Å². The van der Waals surface area contributed by atoms with Gasteiger partial charge in [0.15, 0.2) is 0 Å². The molecule has 0 radical (unpaired) electrons. The van der Waals surface area contributed by atoms with Crippen molar-refractivity contribution in [3.8, 4) is 33.8 Å². The highest BCUT2D eigenvalue weighted by atomic mass is 16.3. The van der Waals surface area contributed by atoms with Crippen LogP contribution in [0.25, 0.3) is 43.8 Å². The van der Waals surface area contributed by atoms with E-state index in [0.717, 1.165) is 22.3 Å². The minimum Gasteiger partial charge on any atom is -0.507 e. The summed E-state index contributed by atoms with van der Waals surface area (Å²) in [5.41, 5.74) is 4.15. The fourth-order valence-corrected chi connectivity index (χ4v) is 3.80. The Labute approximate surface area is 162 Å². The van der Waals surface area contributed by atoms with Crippen LogP contribution in [0.4, 0.5) is 0 Å². The monoisotopic (exact) mass is 362 g/mol. The lowest BCUT2D eigenvalue weighted by Gasteiger charge is -2.13. The summed E-state index contributed by atoms with van der Waals surface area (Å²) >= 11 is 0. The summed E-state index contributed by atoms with van der Waals surface area (Å²) in [5, 5.41) is 24.5. The second-order valence-corrected chi connectivity index (χ2v) is 6.95. The van der Waals surface area contributed by atoms with Crippen LogP contribution in [0.15, 0.2) is 97.1 Å². The van der Waals surface area contributed by atoms with Crippen LogP contribution in [0, 0.1) is 0 Å². The average molecular weight is 362 g/mol. The average Bonchev–Trinajstić information content (AvgIpc) is 2.78. The van der Waals surface area contributed by atoms with E-state index in [1.807, 2.05) is 97.1 Å². The number of hydrogen-bond donors (Lipinski definition) is 2. The van der Waals surface area contributed by atoms with Crippen LogP contribution in [0.1, 0.15) is 0 Å². The van der Waals surface area contributed by atoms with Gasteiger partial charge in [-0.1, -0.05) is 72.8 Å². The number of rotatable bonds is 2. The van der Waals surface area contributed by atoms with Gasteiger partial charge in [-0.3, -0.25) is 0 Å². The first-order chi connectivity index (χ1) is 13.7. The molecule has 0 spiro atoms. The van der Waals surface area contributed by atoms with Gasteiger partial charge in [0, 0.05) is 21.5 Å². The van der Waals surface area contributed by atoms with Crippen molar-refractivity contribution >= 4 is 21.5 Å². The zero-order valence-corrected chi connectivity index (χ0v) is 15.1. The molecule has 2 N–H and O–H groups in total. The number of aromatic hydroxyl groups is 2. The van der Waals surface area contributed by atoms with Gasteiger partial charge in [-0.2, -0.15) is 0 Å². The van der Waals surface area contributed by atoms with Gasteiger partial charge in [-0.15, -0.1) is 0 Å². The third-order valence-electron chi connectivity index (χ3n) is 5.27. The molecule has 2 heteroatoms. The van der Waals surface area contributed by atoms with Crippen LogP contribution in [0.3, 0.4) is 0 Å². The Bertz CT molecular complexity index is 1200. The lowest BCUT2D eigenvalue weighted by molar-refractivity contribution is 0.478. The molecule has 5 aromatic rings. The van der Waals surface area contributed by atoms with Crippen LogP contribution in [0.2, 0.25) is 0 Å². The van der Waals surface area contributed by atoms with Gasteiger partial charge >= 0.3 is 0 Å². The molecule has 0 saturated heterocycles. The summed E-state index contributed by atoms with van der Waals surface area (Å²) < 4.78 is 0.